The Morgan fingerprint density at radius 2 is 1.34 bits per heavy atom. The normalized spacial score (nSPS) is 17.3. The van der Waals surface area contributed by atoms with Gasteiger partial charge < -0.3 is 16.0 Å². The highest BCUT2D eigenvalue weighted by molar-refractivity contribution is 5.97. The highest BCUT2D eigenvalue weighted by atomic mass is 16.1. The van der Waals surface area contributed by atoms with Crippen molar-refractivity contribution in [3.8, 4) is 39.1 Å². The zero-order chi connectivity index (χ0) is 35.8. The molecule has 6 heteroatoms. The molecule has 0 saturated heterocycles. The van der Waals surface area contributed by atoms with E-state index in [9.17, 15) is 4.79 Å². The highest BCUT2D eigenvalue weighted by Crippen LogP contribution is 2.61. The van der Waals surface area contributed by atoms with Crippen molar-refractivity contribution in [1.82, 2.24) is 15.0 Å². The topological polar surface area (TPSA) is 89.3 Å². The molecule has 2 aliphatic carbocycles. The Morgan fingerprint density at radius 1 is 0.660 bits per heavy atom. The largest absolute Gasteiger partial charge is 0.405 e. The number of hydrazine groups is 1. The van der Waals surface area contributed by atoms with Crippen LogP contribution in [0, 0.1) is 0 Å². The monoisotopic (exact) mass is 685 g/mol. The zero-order valence-electron chi connectivity index (χ0n) is 29.0. The summed E-state index contributed by atoms with van der Waals surface area (Å²) in [5.74, 6) is 0. The van der Waals surface area contributed by atoms with E-state index in [-0.39, 0.29) is 5.43 Å². The van der Waals surface area contributed by atoms with Gasteiger partial charge in [0.25, 0.3) is 0 Å². The number of para-hydroxylation sites is 2. The molecule has 6 aromatic carbocycles. The lowest BCUT2D eigenvalue weighted by molar-refractivity contribution is 0.364. The van der Waals surface area contributed by atoms with Crippen molar-refractivity contribution < 1.29 is 0 Å². The standard InChI is InChI=1S/C47H35N5O/c1-51-25-23-41-45(50-51)44(49)40(22-24-48)47(41)38-16-7-5-14-34(38)36-27-31(18-20-39(36)47)29-10-9-11-30(26-29)32-19-21-43-37(28-32)46(53)35-15-6-8-17-42(35)52(43)33-12-3-2-4-13-33/h2-28,50H,48-49H2,1H3/b24-22-. The SMILES string of the molecule is CN1C=CC2=C(N1)C(N)=C(/C=C\N)C21c2ccccc2-c2cc(-c3cccc(-c4ccc5c(c4)c(=O)c4ccccc4n5-c4ccccc4)c3)ccc21. The van der Waals surface area contributed by atoms with Gasteiger partial charge in [0.2, 0.25) is 0 Å². The highest BCUT2D eigenvalue weighted by Gasteiger charge is 2.53. The molecule has 0 bridgehead atoms. The fraction of sp³-hybridized carbons (Fsp3) is 0.0426. The summed E-state index contributed by atoms with van der Waals surface area (Å²) < 4.78 is 2.18. The predicted octanol–water partition coefficient (Wildman–Crippen LogP) is 8.66. The first-order valence-electron chi connectivity index (χ1n) is 17.8. The molecule has 7 aromatic rings. The maximum absolute atomic E-state index is 14.0. The Balaban J connectivity index is 1.12. The van der Waals surface area contributed by atoms with Crippen molar-refractivity contribution >= 4 is 21.8 Å². The average Bonchev–Trinajstić information content (AvgIpc) is 3.63. The Kier molecular flexibility index (Phi) is 6.66. The number of fused-ring (bicyclic) bond motifs is 8. The third-order valence-corrected chi connectivity index (χ3v) is 11.1. The van der Waals surface area contributed by atoms with Crippen LogP contribution in [-0.4, -0.2) is 16.6 Å². The van der Waals surface area contributed by atoms with Gasteiger partial charge in [-0.25, -0.2) is 0 Å². The molecule has 3 aliphatic rings. The molecular formula is C47H35N5O. The number of benzene rings is 6. The number of hydrogen-bond acceptors (Lipinski definition) is 5. The quantitative estimate of drug-likeness (QED) is 0.162. The van der Waals surface area contributed by atoms with Crippen LogP contribution >= 0.6 is 0 Å². The molecule has 1 aromatic heterocycles. The Morgan fingerprint density at radius 3 is 2.17 bits per heavy atom. The van der Waals surface area contributed by atoms with Crippen LogP contribution in [0.25, 0.3) is 60.9 Å². The maximum Gasteiger partial charge on any atom is 0.197 e. The molecule has 6 nitrogen and oxygen atoms in total. The molecular weight excluding hydrogens is 651 g/mol. The van der Waals surface area contributed by atoms with Crippen molar-refractivity contribution in [1.29, 1.82) is 0 Å². The summed E-state index contributed by atoms with van der Waals surface area (Å²) in [5, 5.41) is 3.31. The summed E-state index contributed by atoms with van der Waals surface area (Å²) in [7, 11) is 1.97. The average molecular weight is 686 g/mol. The first-order chi connectivity index (χ1) is 26.0. The van der Waals surface area contributed by atoms with Crippen LogP contribution in [-0.2, 0) is 5.41 Å². The van der Waals surface area contributed by atoms with Gasteiger partial charge in [-0.3, -0.25) is 15.2 Å². The van der Waals surface area contributed by atoms with Crippen molar-refractivity contribution in [3.05, 3.63) is 208 Å². The van der Waals surface area contributed by atoms with Gasteiger partial charge in [0.15, 0.2) is 5.43 Å². The number of hydrogen-bond donors (Lipinski definition) is 3. The van der Waals surface area contributed by atoms with E-state index in [4.69, 9.17) is 11.5 Å². The summed E-state index contributed by atoms with van der Waals surface area (Å²) in [5.41, 5.74) is 31.3. The second-order valence-corrected chi connectivity index (χ2v) is 13.9. The van der Waals surface area contributed by atoms with E-state index in [1.807, 2.05) is 72.9 Å². The lowest BCUT2D eigenvalue weighted by Crippen LogP contribution is -2.35. The van der Waals surface area contributed by atoms with E-state index < -0.39 is 5.41 Å². The van der Waals surface area contributed by atoms with Crippen LogP contribution in [0.3, 0.4) is 0 Å². The number of rotatable bonds is 4. The molecule has 5 N–H and O–H groups in total. The minimum atomic E-state index is -0.603. The summed E-state index contributed by atoms with van der Waals surface area (Å²) in [6.45, 7) is 0. The second kappa shape index (κ2) is 11.5. The number of aromatic nitrogens is 1. The molecule has 10 rings (SSSR count). The molecule has 1 spiro atoms. The molecule has 0 amide bonds. The van der Waals surface area contributed by atoms with Gasteiger partial charge >= 0.3 is 0 Å². The van der Waals surface area contributed by atoms with Crippen molar-refractivity contribution in [2.24, 2.45) is 11.5 Å². The Bertz CT molecular complexity index is 2870. The van der Waals surface area contributed by atoms with Gasteiger partial charge in [-0.2, -0.15) is 0 Å². The van der Waals surface area contributed by atoms with Crippen LogP contribution in [0.4, 0.5) is 0 Å². The number of nitrogens with two attached hydrogens (primary N) is 2. The van der Waals surface area contributed by atoms with E-state index in [0.717, 1.165) is 55.8 Å². The molecule has 0 fully saturated rings. The van der Waals surface area contributed by atoms with Gasteiger partial charge in [0.1, 0.15) is 0 Å². The minimum absolute atomic E-state index is 0.0328. The van der Waals surface area contributed by atoms with Crippen molar-refractivity contribution in [2.45, 2.75) is 5.41 Å². The van der Waals surface area contributed by atoms with Crippen LogP contribution in [0.15, 0.2) is 191 Å². The summed E-state index contributed by atoms with van der Waals surface area (Å²) in [4.78, 5) is 14.0. The molecule has 1 unspecified atom stereocenters. The van der Waals surface area contributed by atoms with Crippen molar-refractivity contribution in [2.75, 3.05) is 7.05 Å². The summed E-state index contributed by atoms with van der Waals surface area (Å²) >= 11 is 0. The van der Waals surface area contributed by atoms with E-state index >= 15 is 0 Å². The number of pyridine rings is 1. The van der Waals surface area contributed by atoms with Gasteiger partial charge in [0.05, 0.1) is 27.8 Å². The van der Waals surface area contributed by atoms with Crippen LogP contribution < -0.4 is 22.3 Å². The predicted molar refractivity (Wildman–Crippen MR) is 216 cm³/mol. The van der Waals surface area contributed by atoms with Crippen LogP contribution in [0.5, 0.6) is 0 Å². The minimum Gasteiger partial charge on any atom is -0.405 e. The summed E-state index contributed by atoms with van der Waals surface area (Å²) in [6.07, 6.45) is 7.74. The smallest absolute Gasteiger partial charge is 0.197 e. The van der Waals surface area contributed by atoms with E-state index in [1.165, 1.54) is 22.3 Å². The molecule has 0 saturated carbocycles. The molecule has 53 heavy (non-hydrogen) atoms. The summed E-state index contributed by atoms with van der Waals surface area (Å²) in [6, 6.07) is 48.3. The van der Waals surface area contributed by atoms with Gasteiger partial charge in [-0.05, 0) is 117 Å². The Labute approximate surface area is 306 Å². The van der Waals surface area contributed by atoms with E-state index in [1.54, 1.807) is 6.20 Å². The molecule has 1 aliphatic heterocycles. The number of nitrogens with zero attached hydrogens (tertiary/aromatic N) is 2. The first-order valence-corrected chi connectivity index (χ1v) is 17.8. The third-order valence-electron chi connectivity index (χ3n) is 11.1. The van der Waals surface area contributed by atoms with Crippen LogP contribution in [0.2, 0.25) is 0 Å². The lowest BCUT2D eigenvalue weighted by atomic mass is 9.68. The first kappa shape index (κ1) is 30.7. The number of allylic oxidation sites excluding steroid dienone is 4. The van der Waals surface area contributed by atoms with Gasteiger partial charge in [0, 0.05) is 35.3 Å². The molecule has 2 heterocycles. The van der Waals surface area contributed by atoms with E-state index in [2.05, 4.69) is 107 Å². The van der Waals surface area contributed by atoms with Crippen LogP contribution in [0.1, 0.15) is 11.1 Å². The fourth-order valence-corrected chi connectivity index (χ4v) is 8.86. The molecule has 254 valence electrons. The molecule has 0 radical (unpaired) electrons. The van der Waals surface area contributed by atoms with Crippen molar-refractivity contribution in [3.63, 3.8) is 0 Å². The number of nitrogens with one attached hydrogen (secondary N) is 1. The zero-order valence-corrected chi connectivity index (χ0v) is 29.0. The second-order valence-electron chi connectivity index (χ2n) is 13.9. The maximum atomic E-state index is 14.0. The van der Waals surface area contributed by atoms with Gasteiger partial charge in [-0.15, -0.1) is 0 Å². The van der Waals surface area contributed by atoms with E-state index in [0.29, 0.717) is 16.5 Å². The van der Waals surface area contributed by atoms with Gasteiger partial charge in [-0.1, -0.05) is 91.0 Å². The fourth-order valence-electron chi connectivity index (χ4n) is 8.86. The lowest BCUT2D eigenvalue weighted by Gasteiger charge is -2.34. The Hall–Kier alpha value is -7.05. The third kappa shape index (κ3) is 4.29. The molecule has 1 atom stereocenters.